The van der Waals surface area contributed by atoms with Gasteiger partial charge in [-0.15, -0.1) is 0 Å². The zero-order valence-corrected chi connectivity index (χ0v) is 13.8. The number of para-hydroxylation sites is 1. The number of hydrogen-bond acceptors (Lipinski definition) is 4. The number of nitrogens with zero attached hydrogens (tertiary/aromatic N) is 2. The maximum absolute atomic E-state index is 12.6. The summed E-state index contributed by atoms with van der Waals surface area (Å²) < 4.78 is 1.55. The van der Waals surface area contributed by atoms with Gasteiger partial charge in [0.25, 0.3) is 5.56 Å². The van der Waals surface area contributed by atoms with Gasteiger partial charge < -0.3 is 0 Å². The molecule has 2 fully saturated rings. The number of amides is 1. The number of anilines is 1. The average Bonchev–Trinajstić information content (AvgIpc) is 3.23. The molecular weight excluding hydrogens is 304 g/mol. The lowest BCUT2D eigenvalue weighted by molar-refractivity contribution is -0.126. The second-order valence-corrected chi connectivity index (χ2v) is 6.90. The highest BCUT2D eigenvalue weighted by molar-refractivity contribution is 5.81. The summed E-state index contributed by atoms with van der Waals surface area (Å²) in [4.78, 5) is 29.5. The third kappa shape index (κ3) is 2.46. The van der Waals surface area contributed by atoms with Gasteiger partial charge in [0, 0.05) is 12.5 Å². The first-order valence-electron chi connectivity index (χ1n) is 8.72. The molecule has 2 saturated carbocycles. The fourth-order valence-electron chi connectivity index (χ4n) is 4.33. The fraction of sp³-hybridized carbons (Fsp3) is 0.500. The second kappa shape index (κ2) is 5.92. The van der Waals surface area contributed by atoms with Crippen LogP contribution in [0.3, 0.4) is 0 Å². The van der Waals surface area contributed by atoms with E-state index in [9.17, 15) is 9.59 Å². The summed E-state index contributed by atoms with van der Waals surface area (Å²) >= 11 is 0. The van der Waals surface area contributed by atoms with Gasteiger partial charge >= 0.3 is 0 Å². The Kier molecular flexibility index (Phi) is 3.75. The van der Waals surface area contributed by atoms with Crippen molar-refractivity contribution in [2.75, 3.05) is 5.43 Å². The molecule has 2 N–H and O–H groups in total. The van der Waals surface area contributed by atoms with E-state index in [0.717, 1.165) is 18.8 Å². The molecular formula is C18H22N4O2. The van der Waals surface area contributed by atoms with E-state index in [4.69, 9.17) is 0 Å². The Morgan fingerprint density at radius 2 is 2.12 bits per heavy atom. The summed E-state index contributed by atoms with van der Waals surface area (Å²) in [7, 11) is 0. The molecule has 2 aliphatic carbocycles. The number of hydrazine groups is 1. The molecule has 6 nitrogen and oxygen atoms in total. The van der Waals surface area contributed by atoms with Crippen LogP contribution in [-0.2, 0) is 11.3 Å². The zero-order valence-electron chi connectivity index (χ0n) is 13.8. The summed E-state index contributed by atoms with van der Waals surface area (Å²) in [5.41, 5.74) is 6.20. The van der Waals surface area contributed by atoms with Crippen molar-refractivity contribution in [2.45, 2.75) is 39.2 Å². The smallest absolute Gasteiger partial charge is 0.262 e. The van der Waals surface area contributed by atoms with Crippen LogP contribution in [0.4, 0.5) is 5.95 Å². The van der Waals surface area contributed by atoms with Crippen molar-refractivity contribution >= 4 is 22.8 Å². The van der Waals surface area contributed by atoms with E-state index in [2.05, 4.69) is 15.8 Å². The number of rotatable bonds is 4. The largest absolute Gasteiger partial charge is 0.277 e. The molecule has 0 radical (unpaired) electrons. The van der Waals surface area contributed by atoms with Crippen LogP contribution in [0.2, 0.25) is 0 Å². The quantitative estimate of drug-likeness (QED) is 0.845. The number of carbonyl (C=O) groups excluding carboxylic acids is 1. The SMILES string of the molecule is CCn1c(NNC(=O)[C@H]2C[C@H]3CC[C@H]2C3)nc2ccccc2c1=O. The topological polar surface area (TPSA) is 76.0 Å². The lowest BCUT2D eigenvalue weighted by atomic mass is 9.88. The Morgan fingerprint density at radius 1 is 1.29 bits per heavy atom. The molecule has 2 bridgehead atoms. The van der Waals surface area contributed by atoms with Crippen LogP contribution in [0, 0.1) is 17.8 Å². The van der Waals surface area contributed by atoms with Crippen LogP contribution in [0.25, 0.3) is 10.9 Å². The maximum Gasteiger partial charge on any atom is 0.262 e. The predicted octanol–water partition coefficient (Wildman–Crippen LogP) is 2.30. The molecule has 0 spiro atoms. The van der Waals surface area contributed by atoms with Gasteiger partial charge in [0.1, 0.15) is 0 Å². The van der Waals surface area contributed by atoms with E-state index in [1.807, 2.05) is 19.1 Å². The predicted molar refractivity (Wildman–Crippen MR) is 92.4 cm³/mol. The van der Waals surface area contributed by atoms with E-state index in [1.165, 1.54) is 12.8 Å². The van der Waals surface area contributed by atoms with Gasteiger partial charge in [0.15, 0.2) is 0 Å². The summed E-state index contributed by atoms with van der Waals surface area (Å²) in [6, 6.07) is 7.26. The molecule has 2 aliphatic rings. The third-order valence-corrected chi connectivity index (χ3v) is 5.55. The van der Waals surface area contributed by atoms with Gasteiger partial charge in [0.2, 0.25) is 11.9 Å². The first kappa shape index (κ1) is 15.2. The molecule has 24 heavy (non-hydrogen) atoms. The molecule has 1 aromatic heterocycles. The standard InChI is InChI=1S/C18H22N4O2/c1-2-22-17(24)13-5-3-4-6-15(13)19-18(22)21-20-16(23)14-10-11-7-8-12(14)9-11/h3-6,11-12,14H,2,7-10H2,1H3,(H,19,21)(H,20,23)/t11-,12-,14-/m0/s1. The molecule has 2 aromatic rings. The van der Waals surface area contributed by atoms with Crippen molar-refractivity contribution in [1.82, 2.24) is 15.0 Å². The molecule has 6 heteroatoms. The third-order valence-electron chi connectivity index (χ3n) is 5.55. The summed E-state index contributed by atoms with van der Waals surface area (Å²) in [5, 5.41) is 0.587. The Morgan fingerprint density at radius 3 is 2.83 bits per heavy atom. The van der Waals surface area contributed by atoms with Crippen molar-refractivity contribution in [1.29, 1.82) is 0 Å². The molecule has 3 atom stereocenters. The first-order chi connectivity index (χ1) is 11.7. The van der Waals surface area contributed by atoms with E-state index in [-0.39, 0.29) is 17.4 Å². The molecule has 0 saturated heterocycles. The van der Waals surface area contributed by atoms with E-state index in [1.54, 1.807) is 16.7 Å². The van der Waals surface area contributed by atoms with Crippen LogP contribution < -0.4 is 16.4 Å². The molecule has 1 heterocycles. The minimum absolute atomic E-state index is 0.0206. The number of benzene rings is 1. The molecule has 1 amide bonds. The van der Waals surface area contributed by atoms with Gasteiger partial charge in [-0.05, 0) is 50.2 Å². The second-order valence-electron chi connectivity index (χ2n) is 6.90. The van der Waals surface area contributed by atoms with Crippen LogP contribution in [0.15, 0.2) is 29.1 Å². The van der Waals surface area contributed by atoms with Gasteiger partial charge in [-0.3, -0.25) is 25.0 Å². The summed E-state index contributed by atoms with van der Waals surface area (Å²) in [6.07, 6.45) is 4.61. The first-order valence-corrected chi connectivity index (χ1v) is 8.72. The van der Waals surface area contributed by atoms with Gasteiger partial charge in [-0.25, -0.2) is 4.98 Å². The van der Waals surface area contributed by atoms with Gasteiger partial charge in [0.05, 0.1) is 10.9 Å². The Labute approximate surface area is 140 Å². The molecule has 4 rings (SSSR count). The Balaban J connectivity index is 1.56. The average molecular weight is 326 g/mol. The number of aromatic nitrogens is 2. The summed E-state index contributed by atoms with van der Waals surface area (Å²) in [5.74, 6) is 1.75. The van der Waals surface area contributed by atoms with Crippen LogP contribution in [0.1, 0.15) is 32.6 Å². The van der Waals surface area contributed by atoms with Crippen LogP contribution in [0.5, 0.6) is 0 Å². The van der Waals surface area contributed by atoms with Gasteiger partial charge in [-0.1, -0.05) is 18.6 Å². The van der Waals surface area contributed by atoms with E-state index >= 15 is 0 Å². The zero-order chi connectivity index (χ0) is 16.7. The van der Waals surface area contributed by atoms with Crippen molar-refractivity contribution < 1.29 is 4.79 Å². The number of carbonyl (C=O) groups is 1. The lowest BCUT2D eigenvalue weighted by Gasteiger charge is -2.21. The number of nitrogens with one attached hydrogen (secondary N) is 2. The lowest BCUT2D eigenvalue weighted by Crippen LogP contribution is -2.39. The molecule has 1 aromatic carbocycles. The van der Waals surface area contributed by atoms with Crippen molar-refractivity contribution in [3.63, 3.8) is 0 Å². The van der Waals surface area contributed by atoms with Crippen molar-refractivity contribution in [2.24, 2.45) is 17.8 Å². The minimum Gasteiger partial charge on any atom is -0.277 e. The Hall–Kier alpha value is -2.37. The van der Waals surface area contributed by atoms with E-state index in [0.29, 0.717) is 29.3 Å². The monoisotopic (exact) mass is 326 g/mol. The maximum atomic E-state index is 12.6. The minimum atomic E-state index is -0.0974. The van der Waals surface area contributed by atoms with Crippen molar-refractivity contribution in [3.8, 4) is 0 Å². The molecule has 0 aliphatic heterocycles. The van der Waals surface area contributed by atoms with Crippen molar-refractivity contribution in [3.05, 3.63) is 34.6 Å². The summed E-state index contributed by atoms with van der Waals surface area (Å²) in [6.45, 7) is 2.38. The Bertz CT molecular complexity index is 845. The highest BCUT2D eigenvalue weighted by Gasteiger charge is 2.43. The number of fused-ring (bicyclic) bond motifs is 3. The fourth-order valence-corrected chi connectivity index (χ4v) is 4.33. The normalized spacial score (nSPS) is 25.1. The van der Waals surface area contributed by atoms with Gasteiger partial charge in [-0.2, -0.15) is 0 Å². The molecule has 126 valence electrons. The molecule has 0 unspecified atom stereocenters. The van der Waals surface area contributed by atoms with Crippen LogP contribution >= 0.6 is 0 Å². The van der Waals surface area contributed by atoms with E-state index < -0.39 is 0 Å². The highest BCUT2D eigenvalue weighted by atomic mass is 16.2. The number of hydrogen-bond donors (Lipinski definition) is 2. The highest BCUT2D eigenvalue weighted by Crippen LogP contribution is 2.48. The van der Waals surface area contributed by atoms with Crippen LogP contribution in [-0.4, -0.2) is 15.5 Å².